The van der Waals surface area contributed by atoms with E-state index in [1.54, 1.807) is 45.0 Å². The van der Waals surface area contributed by atoms with E-state index in [1.807, 2.05) is 0 Å². The molecule has 0 spiro atoms. The number of nitrogens with zero attached hydrogens (tertiary/aromatic N) is 2. The maximum absolute atomic E-state index is 12.6. The second-order valence-electron chi connectivity index (χ2n) is 7.24. The molecule has 0 aromatic heterocycles. The second-order valence-corrected chi connectivity index (χ2v) is 7.24. The van der Waals surface area contributed by atoms with Gasteiger partial charge in [-0.2, -0.15) is 5.26 Å². The zero-order valence-electron chi connectivity index (χ0n) is 15.2. The minimum absolute atomic E-state index is 0.324. The predicted molar refractivity (Wildman–Crippen MR) is 91.8 cm³/mol. The van der Waals surface area contributed by atoms with Gasteiger partial charge in [-0.25, -0.2) is 9.59 Å². The van der Waals surface area contributed by atoms with Crippen LogP contribution < -0.4 is 0 Å². The van der Waals surface area contributed by atoms with Crippen molar-refractivity contribution in [1.82, 2.24) is 4.90 Å². The maximum atomic E-state index is 12.6. The van der Waals surface area contributed by atoms with Gasteiger partial charge in [-0.1, -0.05) is 12.1 Å². The first-order valence-corrected chi connectivity index (χ1v) is 8.30. The average molecular weight is 344 g/mol. The van der Waals surface area contributed by atoms with Gasteiger partial charge in [-0.05, 0) is 51.3 Å². The van der Waals surface area contributed by atoms with Crippen molar-refractivity contribution in [2.75, 3.05) is 13.7 Å². The van der Waals surface area contributed by atoms with Gasteiger partial charge in [0.25, 0.3) is 0 Å². The van der Waals surface area contributed by atoms with Crippen molar-refractivity contribution in [2.45, 2.75) is 51.2 Å². The zero-order valence-corrected chi connectivity index (χ0v) is 15.2. The normalized spacial score (nSPS) is 20.0. The molecule has 1 aliphatic rings. The summed E-state index contributed by atoms with van der Waals surface area (Å²) in [7, 11) is 1.33. The summed E-state index contributed by atoms with van der Waals surface area (Å²) in [5, 5.41) is 8.92. The van der Waals surface area contributed by atoms with E-state index in [1.165, 1.54) is 12.0 Å². The highest BCUT2D eigenvalue weighted by Gasteiger charge is 2.51. The number of amides is 1. The summed E-state index contributed by atoms with van der Waals surface area (Å²) in [6.45, 7) is 5.82. The van der Waals surface area contributed by atoms with E-state index in [2.05, 4.69) is 6.07 Å². The van der Waals surface area contributed by atoms with Crippen LogP contribution >= 0.6 is 0 Å². The first-order valence-electron chi connectivity index (χ1n) is 8.30. The van der Waals surface area contributed by atoms with Gasteiger partial charge >= 0.3 is 12.1 Å². The number of benzene rings is 1. The molecule has 0 bridgehead atoms. The Kier molecular flexibility index (Phi) is 5.36. The molecule has 6 nitrogen and oxygen atoms in total. The molecule has 0 radical (unpaired) electrons. The summed E-state index contributed by atoms with van der Waals surface area (Å²) >= 11 is 0. The number of carbonyl (C=O) groups is 2. The van der Waals surface area contributed by atoms with Crippen LogP contribution in [-0.4, -0.2) is 41.8 Å². The van der Waals surface area contributed by atoms with E-state index in [4.69, 9.17) is 14.7 Å². The number of rotatable bonds is 3. The smallest absolute Gasteiger partial charge is 0.411 e. The molecular formula is C19H24N2O4. The Bertz CT molecular complexity index is 685. The van der Waals surface area contributed by atoms with Crippen LogP contribution in [0.15, 0.2) is 24.3 Å². The third-order valence-electron chi connectivity index (χ3n) is 4.25. The number of hydrogen-bond acceptors (Lipinski definition) is 5. The van der Waals surface area contributed by atoms with Crippen molar-refractivity contribution < 1.29 is 19.1 Å². The van der Waals surface area contributed by atoms with Crippen LogP contribution in [0.25, 0.3) is 0 Å². The fourth-order valence-electron chi connectivity index (χ4n) is 3.15. The summed E-state index contributed by atoms with van der Waals surface area (Å²) in [5.74, 6) is -0.444. The van der Waals surface area contributed by atoms with Gasteiger partial charge in [0.05, 0.1) is 18.7 Å². The van der Waals surface area contributed by atoms with Gasteiger partial charge in [-0.15, -0.1) is 0 Å². The summed E-state index contributed by atoms with van der Waals surface area (Å²) in [6, 6.07) is 9.07. The summed E-state index contributed by atoms with van der Waals surface area (Å²) in [5.41, 5.74) is -0.313. The highest BCUT2D eigenvalue weighted by atomic mass is 16.6. The summed E-state index contributed by atoms with van der Waals surface area (Å²) < 4.78 is 10.5. The van der Waals surface area contributed by atoms with Crippen molar-refractivity contribution in [2.24, 2.45) is 0 Å². The van der Waals surface area contributed by atoms with E-state index in [-0.39, 0.29) is 0 Å². The summed E-state index contributed by atoms with van der Waals surface area (Å²) in [4.78, 5) is 26.7. The first-order chi connectivity index (χ1) is 11.7. The highest BCUT2D eigenvalue weighted by molar-refractivity contribution is 5.87. The van der Waals surface area contributed by atoms with Crippen LogP contribution in [0, 0.1) is 11.3 Å². The number of hydrogen-bond donors (Lipinski definition) is 0. The number of esters is 1. The highest BCUT2D eigenvalue weighted by Crippen LogP contribution is 2.35. The third-order valence-corrected chi connectivity index (χ3v) is 4.25. The Labute approximate surface area is 148 Å². The van der Waals surface area contributed by atoms with Crippen molar-refractivity contribution in [1.29, 1.82) is 5.26 Å². The van der Waals surface area contributed by atoms with Gasteiger partial charge < -0.3 is 9.47 Å². The molecule has 1 aliphatic heterocycles. The fraction of sp³-hybridized carbons (Fsp3) is 0.526. The van der Waals surface area contributed by atoms with Crippen LogP contribution in [0.1, 0.15) is 44.7 Å². The molecule has 1 atom stereocenters. The number of carbonyl (C=O) groups excluding carboxylic acids is 2. The molecule has 1 fully saturated rings. The molecule has 1 amide bonds. The Hall–Kier alpha value is -2.55. The van der Waals surface area contributed by atoms with Crippen molar-refractivity contribution in [3.63, 3.8) is 0 Å². The van der Waals surface area contributed by atoms with E-state index in [9.17, 15) is 9.59 Å². The SMILES string of the molecule is COC(=O)C1(Cc2ccc(C#N)cc2)CCCN1C(=O)OC(C)(C)C. The first kappa shape index (κ1) is 18.8. The van der Waals surface area contributed by atoms with Crippen LogP contribution in [0.2, 0.25) is 0 Å². The molecule has 1 aromatic rings. The zero-order chi connectivity index (χ0) is 18.7. The lowest BCUT2D eigenvalue weighted by molar-refractivity contribution is -0.153. The molecule has 2 rings (SSSR count). The van der Waals surface area contributed by atoms with Crippen LogP contribution in [0.5, 0.6) is 0 Å². The lowest BCUT2D eigenvalue weighted by atomic mass is 9.88. The van der Waals surface area contributed by atoms with Crippen LogP contribution in [-0.2, 0) is 20.7 Å². The van der Waals surface area contributed by atoms with Gasteiger partial charge in [0.1, 0.15) is 11.1 Å². The molecular weight excluding hydrogens is 320 g/mol. The van der Waals surface area contributed by atoms with E-state index < -0.39 is 23.2 Å². The van der Waals surface area contributed by atoms with E-state index in [0.29, 0.717) is 31.4 Å². The van der Waals surface area contributed by atoms with Gasteiger partial charge in [0.2, 0.25) is 0 Å². The lowest BCUT2D eigenvalue weighted by Gasteiger charge is -2.37. The van der Waals surface area contributed by atoms with Gasteiger partial charge in [0, 0.05) is 13.0 Å². The Morgan fingerprint density at radius 2 is 1.92 bits per heavy atom. The van der Waals surface area contributed by atoms with Gasteiger partial charge in [-0.3, -0.25) is 4.90 Å². The van der Waals surface area contributed by atoms with E-state index >= 15 is 0 Å². The monoisotopic (exact) mass is 344 g/mol. The molecule has 1 aromatic carbocycles. The lowest BCUT2D eigenvalue weighted by Crippen LogP contribution is -2.56. The van der Waals surface area contributed by atoms with E-state index in [0.717, 1.165) is 5.56 Å². The van der Waals surface area contributed by atoms with Crippen LogP contribution in [0.4, 0.5) is 4.79 Å². The molecule has 134 valence electrons. The Morgan fingerprint density at radius 3 is 2.44 bits per heavy atom. The Balaban J connectivity index is 2.33. The number of nitriles is 1. The number of likely N-dealkylation sites (tertiary alicyclic amines) is 1. The largest absolute Gasteiger partial charge is 0.467 e. The topological polar surface area (TPSA) is 79.6 Å². The minimum Gasteiger partial charge on any atom is -0.467 e. The van der Waals surface area contributed by atoms with Crippen molar-refractivity contribution in [3.05, 3.63) is 35.4 Å². The standard InChI is InChI=1S/C19H24N2O4/c1-18(2,3)25-17(23)21-11-5-10-19(21,16(22)24-4)12-14-6-8-15(13-20)9-7-14/h6-9H,5,10-12H2,1-4H3. The second kappa shape index (κ2) is 7.14. The minimum atomic E-state index is -1.08. The fourth-order valence-corrected chi connectivity index (χ4v) is 3.15. The molecule has 0 N–H and O–H groups in total. The quantitative estimate of drug-likeness (QED) is 0.787. The third kappa shape index (κ3) is 4.11. The average Bonchev–Trinajstić information content (AvgIpc) is 2.98. The van der Waals surface area contributed by atoms with Crippen molar-refractivity contribution >= 4 is 12.1 Å². The van der Waals surface area contributed by atoms with Gasteiger partial charge in [0.15, 0.2) is 0 Å². The van der Waals surface area contributed by atoms with Crippen molar-refractivity contribution in [3.8, 4) is 6.07 Å². The summed E-state index contributed by atoms with van der Waals surface area (Å²) in [6.07, 6.45) is 1.03. The molecule has 1 heterocycles. The molecule has 1 saturated heterocycles. The van der Waals surface area contributed by atoms with Crippen LogP contribution in [0.3, 0.4) is 0 Å². The molecule has 25 heavy (non-hydrogen) atoms. The number of ether oxygens (including phenoxy) is 2. The number of methoxy groups -OCH3 is 1. The predicted octanol–water partition coefficient (Wildman–Crippen LogP) is 3.04. The molecule has 1 unspecified atom stereocenters. The molecule has 0 saturated carbocycles. The molecule has 6 heteroatoms. The maximum Gasteiger partial charge on any atom is 0.411 e. The molecule has 0 aliphatic carbocycles. The Morgan fingerprint density at radius 1 is 1.28 bits per heavy atom.